The van der Waals surface area contributed by atoms with Crippen LogP contribution in [0.25, 0.3) is 22.1 Å². The molecular weight excluding hydrogens is 381 g/mol. The van der Waals surface area contributed by atoms with Crippen LogP contribution in [-0.4, -0.2) is 46.4 Å². The summed E-state index contributed by atoms with van der Waals surface area (Å²) < 4.78 is 30.5. The van der Waals surface area contributed by atoms with Crippen LogP contribution in [0.2, 0.25) is 0 Å². The summed E-state index contributed by atoms with van der Waals surface area (Å²) in [7, 11) is 1.54. The Labute approximate surface area is 165 Å². The Morgan fingerprint density at radius 2 is 2.14 bits per heavy atom. The van der Waals surface area contributed by atoms with E-state index >= 15 is 0 Å². The van der Waals surface area contributed by atoms with Gasteiger partial charge in [-0.3, -0.25) is 9.69 Å². The molecule has 0 bridgehead atoms. The first-order valence-electron chi connectivity index (χ1n) is 9.30. The molecule has 0 saturated carbocycles. The van der Waals surface area contributed by atoms with E-state index in [0.29, 0.717) is 22.2 Å². The Balaban J connectivity index is 1.80. The van der Waals surface area contributed by atoms with E-state index in [1.165, 1.54) is 12.0 Å². The summed E-state index contributed by atoms with van der Waals surface area (Å²) in [5.41, 5.74) is -0.334. The lowest BCUT2D eigenvalue weighted by Gasteiger charge is -2.27. The number of rotatable bonds is 2. The van der Waals surface area contributed by atoms with E-state index in [1.54, 1.807) is 39.0 Å². The molecule has 0 aliphatic carbocycles. The quantitative estimate of drug-likeness (QED) is 0.701. The number of amides is 1. The van der Waals surface area contributed by atoms with Gasteiger partial charge in [-0.25, -0.2) is 14.2 Å². The van der Waals surface area contributed by atoms with E-state index in [0.717, 1.165) is 0 Å². The number of hydrogen-bond donors (Lipinski definition) is 1. The van der Waals surface area contributed by atoms with Gasteiger partial charge in [-0.1, -0.05) is 0 Å². The molecule has 1 fully saturated rings. The number of nitrogens with one attached hydrogen (secondary N) is 1. The second-order valence-electron chi connectivity index (χ2n) is 8.07. The largest absolute Gasteiger partial charge is 0.497 e. The van der Waals surface area contributed by atoms with Crippen molar-refractivity contribution in [1.82, 2.24) is 14.9 Å². The highest BCUT2D eigenvalue weighted by molar-refractivity contribution is 6.02. The smallest absolute Gasteiger partial charge is 0.411 e. The molecule has 3 heterocycles. The molecular formula is C20H22FN3O5. The number of benzene rings is 1. The summed E-state index contributed by atoms with van der Waals surface area (Å²) in [6.45, 7) is 5.08. The van der Waals surface area contributed by atoms with Crippen LogP contribution in [0.15, 0.2) is 27.4 Å². The summed E-state index contributed by atoms with van der Waals surface area (Å²) in [5.74, 6) is 0.780. The molecule has 0 spiro atoms. The molecule has 1 aromatic carbocycles. The zero-order chi connectivity index (χ0) is 20.9. The van der Waals surface area contributed by atoms with Crippen LogP contribution in [0.3, 0.4) is 0 Å². The number of alkyl halides is 1. The molecule has 1 aliphatic rings. The van der Waals surface area contributed by atoms with Crippen molar-refractivity contribution in [3.8, 4) is 5.75 Å². The maximum atomic E-state index is 14.2. The highest BCUT2D eigenvalue weighted by atomic mass is 19.1. The first kappa shape index (κ1) is 19.2. The number of aromatic nitrogens is 2. The lowest BCUT2D eigenvalue weighted by Crippen LogP contribution is -2.37. The molecule has 9 heteroatoms. The molecule has 0 radical (unpaired) electrons. The number of ether oxygens (including phenoxy) is 2. The fourth-order valence-electron chi connectivity index (χ4n) is 3.50. The van der Waals surface area contributed by atoms with Crippen molar-refractivity contribution in [3.05, 3.63) is 34.4 Å². The first-order valence-corrected chi connectivity index (χ1v) is 9.30. The van der Waals surface area contributed by atoms with Gasteiger partial charge in [0.2, 0.25) is 5.58 Å². The number of methoxy groups -OCH3 is 1. The van der Waals surface area contributed by atoms with Crippen LogP contribution in [0, 0.1) is 0 Å². The second-order valence-corrected chi connectivity index (χ2v) is 8.07. The fraction of sp³-hybridized carbons (Fsp3) is 0.450. The van der Waals surface area contributed by atoms with Crippen molar-refractivity contribution in [2.24, 2.45) is 0 Å². The van der Waals surface area contributed by atoms with Crippen molar-refractivity contribution < 1.29 is 23.1 Å². The van der Waals surface area contributed by atoms with E-state index in [1.807, 2.05) is 0 Å². The van der Waals surface area contributed by atoms with Crippen LogP contribution in [0.4, 0.5) is 9.18 Å². The highest BCUT2D eigenvalue weighted by Crippen LogP contribution is 2.35. The number of H-pyrrole nitrogens is 1. The van der Waals surface area contributed by atoms with E-state index in [2.05, 4.69) is 9.97 Å². The van der Waals surface area contributed by atoms with E-state index in [4.69, 9.17) is 13.9 Å². The van der Waals surface area contributed by atoms with Gasteiger partial charge in [0.1, 0.15) is 34.4 Å². The van der Waals surface area contributed by atoms with Crippen LogP contribution >= 0.6 is 0 Å². The number of carbonyl (C=O) groups is 1. The lowest BCUT2D eigenvalue weighted by molar-refractivity contribution is 0.0210. The number of halogens is 1. The van der Waals surface area contributed by atoms with Gasteiger partial charge >= 0.3 is 6.09 Å². The molecule has 1 aliphatic heterocycles. The Morgan fingerprint density at radius 3 is 2.83 bits per heavy atom. The van der Waals surface area contributed by atoms with E-state index in [9.17, 15) is 14.0 Å². The van der Waals surface area contributed by atoms with E-state index in [-0.39, 0.29) is 24.4 Å². The second kappa shape index (κ2) is 6.75. The third-order valence-corrected chi connectivity index (χ3v) is 4.74. The molecule has 1 N–H and O–H groups in total. The van der Waals surface area contributed by atoms with Crippen molar-refractivity contribution in [3.63, 3.8) is 0 Å². The number of furan rings is 1. The molecule has 0 unspecified atom stereocenters. The van der Waals surface area contributed by atoms with Crippen molar-refractivity contribution in [1.29, 1.82) is 0 Å². The van der Waals surface area contributed by atoms with Gasteiger partial charge < -0.3 is 18.9 Å². The Kier molecular flexibility index (Phi) is 4.48. The van der Waals surface area contributed by atoms with Gasteiger partial charge in [0.05, 0.1) is 25.1 Å². The number of fused-ring (bicyclic) bond motifs is 3. The maximum absolute atomic E-state index is 14.2. The fourth-order valence-corrected chi connectivity index (χ4v) is 3.50. The third-order valence-electron chi connectivity index (χ3n) is 4.74. The Morgan fingerprint density at radius 1 is 1.38 bits per heavy atom. The molecule has 8 nitrogen and oxygen atoms in total. The summed E-state index contributed by atoms with van der Waals surface area (Å²) in [6.07, 6.45) is -1.87. The summed E-state index contributed by atoms with van der Waals surface area (Å²) in [5, 5.41) is 0.602. The van der Waals surface area contributed by atoms with E-state index < -0.39 is 29.5 Å². The average molecular weight is 403 g/mol. The summed E-state index contributed by atoms with van der Waals surface area (Å²) >= 11 is 0. The Hall–Kier alpha value is -3.10. The third kappa shape index (κ3) is 3.52. The SMILES string of the molecule is COc1ccc2oc3c(=O)[nH]c([C@H]4C[C@H](F)CN4C(=O)OC(C)(C)C)nc3c2c1. The van der Waals surface area contributed by atoms with Gasteiger partial charge in [0.25, 0.3) is 5.56 Å². The first-order chi connectivity index (χ1) is 13.7. The van der Waals surface area contributed by atoms with Gasteiger partial charge in [-0.05, 0) is 39.0 Å². The van der Waals surface area contributed by atoms with Crippen molar-refractivity contribution in [2.45, 2.75) is 45.0 Å². The van der Waals surface area contributed by atoms with Crippen LogP contribution in [0.5, 0.6) is 5.75 Å². The summed E-state index contributed by atoms with van der Waals surface area (Å²) in [4.78, 5) is 33.6. The Bertz CT molecular complexity index is 1150. The molecule has 154 valence electrons. The monoisotopic (exact) mass is 403 g/mol. The predicted octanol–water partition coefficient (Wildman–Crippen LogP) is 3.70. The minimum atomic E-state index is -1.24. The molecule has 2 atom stereocenters. The van der Waals surface area contributed by atoms with Crippen LogP contribution < -0.4 is 10.3 Å². The normalized spacial score (nSPS) is 19.8. The minimum absolute atomic E-state index is 0.0206. The van der Waals surface area contributed by atoms with Crippen molar-refractivity contribution in [2.75, 3.05) is 13.7 Å². The lowest BCUT2D eigenvalue weighted by atomic mass is 10.2. The standard InChI is InChI=1S/C20H22FN3O5/c1-20(2,3)29-19(26)24-9-10(21)7-13(24)17-22-15-12-8-11(27-4)5-6-14(12)28-16(15)18(25)23-17/h5-6,8,10,13H,7,9H2,1-4H3,(H,22,23,25)/t10-,13+/m0/s1. The molecule has 4 rings (SSSR count). The zero-order valence-electron chi connectivity index (χ0n) is 16.6. The number of hydrogen-bond acceptors (Lipinski definition) is 6. The zero-order valence-corrected chi connectivity index (χ0v) is 16.6. The molecule has 29 heavy (non-hydrogen) atoms. The van der Waals surface area contributed by atoms with Gasteiger partial charge in [0, 0.05) is 6.42 Å². The molecule has 1 amide bonds. The number of likely N-dealkylation sites (tertiary alicyclic amines) is 1. The topological polar surface area (TPSA) is 97.7 Å². The molecule has 1 saturated heterocycles. The molecule has 3 aromatic rings. The average Bonchev–Trinajstić information content (AvgIpc) is 3.21. The van der Waals surface area contributed by atoms with Crippen LogP contribution in [0.1, 0.15) is 39.1 Å². The number of nitrogens with zero attached hydrogens (tertiary/aromatic N) is 2. The number of aromatic amines is 1. The minimum Gasteiger partial charge on any atom is -0.497 e. The molecule has 2 aromatic heterocycles. The van der Waals surface area contributed by atoms with Gasteiger partial charge in [0.15, 0.2) is 0 Å². The summed E-state index contributed by atoms with van der Waals surface area (Å²) in [6, 6.07) is 4.38. The maximum Gasteiger partial charge on any atom is 0.411 e. The highest BCUT2D eigenvalue weighted by Gasteiger charge is 2.40. The van der Waals surface area contributed by atoms with Gasteiger partial charge in [-0.15, -0.1) is 0 Å². The number of carbonyl (C=O) groups excluding carboxylic acids is 1. The van der Waals surface area contributed by atoms with Crippen molar-refractivity contribution >= 4 is 28.2 Å². The van der Waals surface area contributed by atoms with Gasteiger partial charge in [-0.2, -0.15) is 0 Å². The van der Waals surface area contributed by atoms with Crippen LogP contribution in [-0.2, 0) is 4.74 Å². The predicted molar refractivity (Wildman–Crippen MR) is 104 cm³/mol.